The smallest absolute Gasteiger partial charge is 0.175 e. The second kappa shape index (κ2) is 5.93. The molecule has 0 aromatic heterocycles. The largest absolute Gasteiger partial charge is 0.492 e. The molecule has 6 heteroatoms. The van der Waals surface area contributed by atoms with Crippen LogP contribution in [-0.4, -0.2) is 39.1 Å². The summed E-state index contributed by atoms with van der Waals surface area (Å²) in [5.41, 5.74) is 0. The molecule has 110 valence electrons. The molecule has 20 heavy (non-hydrogen) atoms. The number of carbonyl (C=O) groups is 1. The standard InChI is InChI=1S/C14H19NO4S/c1-10-7-12(16)8-11(15-10)9-19-13-3-5-14(6-4-13)20(2,17)18/h3-6,10-11,15H,7-9H2,1-2H3/t10-,11-/m0/s1. The number of hydrogen-bond donors (Lipinski definition) is 1. The van der Waals surface area contributed by atoms with Crippen molar-refractivity contribution in [1.29, 1.82) is 0 Å². The average molecular weight is 297 g/mol. The molecule has 0 spiro atoms. The van der Waals surface area contributed by atoms with Gasteiger partial charge in [0.05, 0.1) is 4.90 Å². The molecule has 0 saturated carbocycles. The number of hydrogen-bond acceptors (Lipinski definition) is 5. The van der Waals surface area contributed by atoms with Crippen molar-refractivity contribution in [2.75, 3.05) is 12.9 Å². The zero-order valence-corrected chi connectivity index (χ0v) is 12.4. The molecule has 5 nitrogen and oxygen atoms in total. The van der Waals surface area contributed by atoms with Crippen LogP contribution in [0.2, 0.25) is 0 Å². The summed E-state index contributed by atoms with van der Waals surface area (Å²) < 4.78 is 28.3. The Bertz CT molecular complexity index is 580. The molecule has 0 amide bonds. The molecular weight excluding hydrogens is 278 g/mol. The van der Waals surface area contributed by atoms with Crippen LogP contribution in [0, 0.1) is 0 Å². The Labute approximate surface area is 119 Å². The van der Waals surface area contributed by atoms with Crippen molar-refractivity contribution >= 4 is 15.6 Å². The maximum absolute atomic E-state index is 11.5. The van der Waals surface area contributed by atoms with Crippen molar-refractivity contribution in [2.45, 2.75) is 36.7 Å². The Balaban J connectivity index is 1.93. The van der Waals surface area contributed by atoms with Gasteiger partial charge in [0.15, 0.2) is 9.84 Å². The van der Waals surface area contributed by atoms with E-state index in [1.807, 2.05) is 6.92 Å². The third kappa shape index (κ3) is 4.05. The summed E-state index contributed by atoms with van der Waals surface area (Å²) >= 11 is 0. The number of sulfone groups is 1. The first kappa shape index (κ1) is 15.0. The topological polar surface area (TPSA) is 72.5 Å². The van der Waals surface area contributed by atoms with Gasteiger partial charge in [-0.1, -0.05) is 0 Å². The number of carbonyl (C=O) groups excluding carboxylic acids is 1. The molecule has 1 N–H and O–H groups in total. The van der Waals surface area contributed by atoms with Crippen LogP contribution < -0.4 is 10.1 Å². The number of rotatable bonds is 4. The van der Waals surface area contributed by atoms with E-state index < -0.39 is 9.84 Å². The lowest BCUT2D eigenvalue weighted by atomic mass is 9.99. The molecule has 1 aliphatic rings. The molecule has 1 saturated heterocycles. The molecule has 0 aliphatic carbocycles. The Hall–Kier alpha value is -1.40. The fraction of sp³-hybridized carbons (Fsp3) is 0.500. The van der Waals surface area contributed by atoms with Gasteiger partial charge in [0, 0.05) is 31.2 Å². The van der Waals surface area contributed by atoms with Gasteiger partial charge in [0.2, 0.25) is 0 Å². The minimum atomic E-state index is -3.18. The number of benzene rings is 1. The highest BCUT2D eigenvalue weighted by Gasteiger charge is 2.24. The van der Waals surface area contributed by atoms with Crippen molar-refractivity contribution < 1.29 is 17.9 Å². The average Bonchev–Trinajstić information content (AvgIpc) is 2.35. The Morgan fingerprint density at radius 2 is 1.90 bits per heavy atom. The molecule has 1 aromatic carbocycles. The molecule has 0 bridgehead atoms. The quantitative estimate of drug-likeness (QED) is 0.903. The van der Waals surface area contributed by atoms with E-state index in [4.69, 9.17) is 4.74 Å². The van der Waals surface area contributed by atoms with Crippen molar-refractivity contribution in [3.63, 3.8) is 0 Å². The zero-order valence-electron chi connectivity index (χ0n) is 11.6. The van der Waals surface area contributed by atoms with Crippen molar-refractivity contribution in [3.8, 4) is 5.75 Å². The van der Waals surface area contributed by atoms with Gasteiger partial charge in [0.25, 0.3) is 0 Å². The molecule has 1 heterocycles. The van der Waals surface area contributed by atoms with E-state index in [9.17, 15) is 13.2 Å². The van der Waals surface area contributed by atoms with E-state index in [-0.39, 0.29) is 22.8 Å². The fourth-order valence-electron chi connectivity index (χ4n) is 2.31. The van der Waals surface area contributed by atoms with E-state index in [1.165, 1.54) is 18.4 Å². The number of piperidine rings is 1. The summed E-state index contributed by atoms with van der Waals surface area (Å²) in [6, 6.07) is 6.49. The van der Waals surface area contributed by atoms with Crippen LogP contribution in [0.15, 0.2) is 29.2 Å². The summed E-state index contributed by atoms with van der Waals surface area (Å²) in [4.78, 5) is 11.8. The van der Waals surface area contributed by atoms with Crippen LogP contribution in [0.3, 0.4) is 0 Å². The number of Topliss-reactive ketones (excluding diaryl/α,β-unsaturated/α-hetero) is 1. The van der Waals surface area contributed by atoms with Crippen molar-refractivity contribution in [3.05, 3.63) is 24.3 Å². The summed E-state index contributed by atoms with van der Waals surface area (Å²) in [5, 5.41) is 3.31. The Morgan fingerprint density at radius 1 is 1.25 bits per heavy atom. The Kier molecular flexibility index (Phi) is 4.45. The molecule has 1 aromatic rings. The number of ether oxygens (including phenoxy) is 1. The normalized spacial score (nSPS) is 23.6. The van der Waals surface area contributed by atoms with Gasteiger partial charge in [-0.15, -0.1) is 0 Å². The van der Waals surface area contributed by atoms with Gasteiger partial charge in [-0.3, -0.25) is 4.79 Å². The predicted molar refractivity (Wildman–Crippen MR) is 75.7 cm³/mol. The van der Waals surface area contributed by atoms with Gasteiger partial charge in [0.1, 0.15) is 18.1 Å². The van der Waals surface area contributed by atoms with Gasteiger partial charge in [-0.05, 0) is 31.2 Å². The van der Waals surface area contributed by atoms with E-state index in [1.54, 1.807) is 12.1 Å². The maximum atomic E-state index is 11.5. The minimum absolute atomic E-state index is 0.0147. The highest BCUT2D eigenvalue weighted by Crippen LogP contribution is 2.17. The SMILES string of the molecule is C[C@H]1CC(=O)C[C@@H](COc2ccc(S(C)(=O)=O)cc2)N1. The van der Waals surface area contributed by atoms with Crippen LogP contribution in [0.1, 0.15) is 19.8 Å². The molecule has 2 rings (SSSR count). The zero-order chi connectivity index (χ0) is 14.8. The first-order valence-corrected chi connectivity index (χ1v) is 8.44. The molecule has 0 radical (unpaired) electrons. The van der Waals surface area contributed by atoms with Gasteiger partial charge in [-0.2, -0.15) is 0 Å². The first-order chi connectivity index (χ1) is 9.34. The molecule has 1 aliphatic heterocycles. The van der Waals surface area contributed by atoms with Crippen LogP contribution in [0.5, 0.6) is 5.75 Å². The predicted octanol–water partition coefficient (Wildman–Crippen LogP) is 1.18. The molecule has 0 unspecified atom stereocenters. The monoisotopic (exact) mass is 297 g/mol. The van der Waals surface area contributed by atoms with Crippen LogP contribution in [-0.2, 0) is 14.6 Å². The van der Waals surface area contributed by atoms with Crippen LogP contribution in [0.4, 0.5) is 0 Å². The molecular formula is C14H19NO4S. The molecule has 2 atom stereocenters. The second-order valence-electron chi connectivity index (χ2n) is 5.27. The van der Waals surface area contributed by atoms with E-state index >= 15 is 0 Å². The second-order valence-corrected chi connectivity index (χ2v) is 7.28. The lowest BCUT2D eigenvalue weighted by molar-refractivity contribution is -0.121. The third-order valence-corrected chi connectivity index (χ3v) is 4.36. The summed E-state index contributed by atoms with van der Waals surface area (Å²) in [5.74, 6) is 0.849. The van der Waals surface area contributed by atoms with E-state index in [0.717, 1.165) is 0 Å². The van der Waals surface area contributed by atoms with E-state index in [0.29, 0.717) is 25.2 Å². The molecule has 1 fully saturated rings. The van der Waals surface area contributed by atoms with Crippen molar-refractivity contribution in [1.82, 2.24) is 5.32 Å². The highest BCUT2D eigenvalue weighted by atomic mass is 32.2. The summed E-state index contributed by atoms with van der Waals surface area (Å²) in [6.45, 7) is 2.37. The van der Waals surface area contributed by atoms with Crippen molar-refractivity contribution in [2.24, 2.45) is 0 Å². The lowest BCUT2D eigenvalue weighted by Crippen LogP contribution is -2.47. The lowest BCUT2D eigenvalue weighted by Gasteiger charge is -2.27. The van der Waals surface area contributed by atoms with Gasteiger partial charge in [-0.25, -0.2) is 8.42 Å². The van der Waals surface area contributed by atoms with Crippen LogP contribution in [0.25, 0.3) is 0 Å². The van der Waals surface area contributed by atoms with Gasteiger partial charge >= 0.3 is 0 Å². The third-order valence-electron chi connectivity index (χ3n) is 3.23. The van der Waals surface area contributed by atoms with Crippen LogP contribution >= 0.6 is 0 Å². The number of nitrogens with one attached hydrogen (secondary N) is 1. The maximum Gasteiger partial charge on any atom is 0.175 e. The minimum Gasteiger partial charge on any atom is -0.492 e. The fourth-order valence-corrected chi connectivity index (χ4v) is 2.94. The summed E-state index contributed by atoms with van der Waals surface area (Å²) in [6.07, 6.45) is 2.22. The van der Waals surface area contributed by atoms with Gasteiger partial charge < -0.3 is 10.1 Å². The van der Waals surface area contributed by atoms with E-state index in [2.05, 4.69) is 5.32 Å². The Morgan fingerprint density at radius 3 is 2.45 bits per heavy atom. The summed E-state index contributed by atoms with van der Waals surface area (Å²) in [7, 11) is -3.18. The number of ketones is 1. The first-order valence-electron chi connectivity index (χ1n) is 6.55. The highest BCUT2D eigenvalue weighted by molar-refractivity contribution is 7.90.